The van der Waals surface area contributed by atoms with Crippen LogP contribution in [-0.2, 0) is 43.2 Å². The molecule has 274 valence electrons. The van der Waals surface area contributed by atoms with Crippen molar-refractivity contribution in [2.24, 2.45) is 11.7 Å². The Balaban J connectivity index is 2.50. The fourth-order valence-electron chi connectivity index (χ4n) is 5.47. The van der Waals surface area contributed by atoms with Gasteiger partial charge in [0.05, 0.1) is 19.5 Å². The molecular weight excluding hydrogens is 648 g/mol. The summed E-state index contributed by atoms with van der Waals surface area (Å²) in [5.74, 6) is -8.63. The third-order valence-corrected chi connectivity index (χ3v) is 7.92. The van der Waals surface area contributed by atoms with Crippen LogP contribution in [0.2, 0.25) is 0 Å². The van der Waals surface area contributed by atoms with Gasteiger partial charge in [0.2, 0.25) is 41.4 Å². The van der Waals surface area contributed by atoms with Crippen LogP contribution >= 0.6 is 0 Å². The molecule has 2 aliphatic heterocycles. The van der Waals surface area contributed by atoms with Crippen molar-refractivity contribution in [2.45, 2.75) is 102 Å². The molecule has 7 amide bonds. The standard InChI is InChI=1S/C30H48N8O11/c1-16(2)12-20-30(49)38-11-5-7-21(38)29(48)36-17(6-3-4-10-31)27(46)35-18(8-9-24(41)42)28(47)37-19(13-25(43)44)26(45)33-14-22(39)32-15-23(40)34-20/h16-21H,3-15,31H2,1-2H3,(H,32,39)(H,33,45)(H,34,40)(H,35,46)(H,36,48)(H,37,47)(H,41,42)(H,43,44)/t17-,18-,19-,20-,21-/m0/s1. The lowest BCUT2D eigenvalue weighted by atomic mass is 10.0. The summed E-state index contributed by atoms with van der Waals surface area (Å²) in [6, 6.07) is -6.59. The van der Waals surface area contributed by atoms with Crippen molar-refractivity contribution in [3.05, 3.63) is 0 Å². The summed E-state index contributed by atoms with van der Waals surface area (Å²) in [4.78, 5) is 116. The number of nitrogens with one attached hydrogen (secondary N) is 6. The first-order valence-corrected chi connectivity index (χ1v) is 16.3. The van der Waals surface area contributed by atoms with Crippen LogP contribution in [0.1, 0.15) is 71.6 Å². The van der Waals surface area contributed by atoms with Gasteiger partial charge in [0.15, 0.2) is 0 Å². The highest BCUT2D eigenvalue weighted by atomic mass is 16.4. The van der Waals surface area contributed by atoms with Gasteiger partial charge < -0.3 is 52.7 Å². The molecule has 19 nitrogen and oxygen atoms in total. The molecule has 2 heterocycles. The maximum absolute atomic E-state index is 13.7. The number of carbonyl (C=O) groups is 9. The minimum absolute atomic E-state index is 0.0526. The molecule has 0 aromatic rings. The molecule has 0 unspecified atom stereocenters. The van der Waals surface area contributed by atoms with Crippen molar-refractivity contribution < 1.29 is 53.4 Å². The van der Waals surface area contributed by atoms with Crippen LogP contribution < -0.4 is 37.6 Å². The number of aliphatic carboxylic acids is 2. The molecule has 0 bridgehead atoms. The summed E-state index contributed by atoms with van der Waals surface area (Å²) in [6.45, 7) is 2.88. The Hall–Kier alpha value is -4.81. The van der Waals surface area contributed by atoms with E-state index in [0.717, 1.165) is 0 Å². The number of amides is 7. The maximum Gasteiger partial charge on any atom is 0.305 e. The van der Waals surface area contributed by atoms with Crippen molar-refractivity contribution in [3.8, 4) is 0 Å². The molecule has 10 N–H and O–H groups in total. The highest BCUT2D eigenvalue weighted by molar-refractivity contribution is 5.98. The molecule has 2 aliphatic rings. The highest BCUT2D eigenvalue weighted by Crippen LogP contribution is 2.21. The number of unbranched alkanes of at least 4 members (excludes halogenated alkanes) is 1. The van der Waals surface area contributed by atoms with Gasteiger partial charge in [0.1, 0.15) is 30.2 Å². The van der Waals surface area contributed by atoms with Crippen LogP contribution in [0.15, 0.2) is 0 Å². The van der Waals surface area contributed by atoms with Crippen LogP contribution in [0.3, 0.4) is 0 Å². The van der Waals surface area contributed by atoms with Crippen molar-refractivity contribution >= 4 is 53.3 Å². The van der Waals surface area contributed by atoms with Gasteiger partial charge in [-0.15, -0.1) is 0 Å². The van der Waals surface area contributed by atoms with Gasteiger partial charge >= 0.3 is 11.9 Å². The Kier molecular flexibility index (Phi) is 16.4. The van der Waals surface area contributed by atoms with E-state index in [1.807, 2.05) is 13.8 Å². The minimum atomic E-state index is -1.74. The molecular formula is C30H48N8O11. The molecule has 5 atom stereocenters. The number of hydrogen-bond acceptors (Lipinski definition) is 10. The predicted octanol–water partition coefficient (Wildman–Crippen LogP) is -3.32. The summed E-state index contributed by atoms with van der Waals surface area (Å²) in [5, 5.41) is 32.9. The van der Waals surface area contributed by atoms with E-state index in [-0.39, 0.29) is 38.3 Å². The van der Waals surface area contributed by atoms with Crippen molar-refractivity contribution in [3.63, 3.8) is 0 Å². The molecule has 49 heavy (non-hydrogen) atoms. The second-order valence-electron chi connectivity index (χ2n) is 12.4. The Morgan fingerprint density at radius 1 is 0.755 bits per heavy atom. The molecule has 0 radical (unpaired) electrons. The summed E-state index contributed by atoms with van der Waals surface area (Å²) in [5.41, 5.74) is 5.61. The van der Waals surface area contributed by atoms with Crippen LogP contribution in [0.4, 0.5) is 0 Å². The Morgan fingerprint density at radius 2 is 1.37 bits per heavy atom. The van der Waals surface area contributed by atoms with E-state index in [1.165, 1.54) is 4.90 Å². The molecule has 0 aliphatic carbocycles. The lowest BCUT2D eigenvalue weighted by molar-refractivity contribution is -0.142. The smallest absolute Gasteiger partial charge is 0.305 e. The Bertz CT molecular complexity index is 1260. The van der Waals surface area contributed by atoms with Gasteiger partial charge in [0, 0.05) is 13.0 Å². The van der Waals surface area contributed by atoms with Gasteiger partial charge in [-0.1, -0.05) is 13.8 Å². The summed E-state index contributed by atoms with van der Waals surface area (Å²) in [6.07, 6.45) is -0.100. The summed E-state index contributed by atoms with van der Waals surface area (Å²) >= 11 is 0. The van der Waals surface area contributed by atoms with E-state index in [9.17, 15) is 53.4 Å². The minimum Gasteiger partial charge on any atom is -0.481 e. The third kappa shape index (κ3) is 13.7. The van der Waals surface area contributed by atoms with E-state index in [4.69, 9.17) is 5.73 Å². The van der Waals surface area contributed by atoms with Crippen molar-refractivity contribution in [2.75, 3.05) is 26.2 Å². The van der Waals surface area contributed by atoms with Gasteiger partial charge in [-0.3, -0.25) is 43.2 Å². The average Bonchev–Trinajstić information content (AvgIpc) is 3.52. The Morgan fingerprint density at radius 3 is 1.98 bits per heavy atom. The topological polar surface area (TPSA) is 296 Å². The van der Waals surface area contributed by atoms with Crippen LogP contribution in [0.25, 0.3) is 0 Å². The maximum atomic E-state index is 13.7. The zero-order valence-corrected chi connectivity index (χ0v) is 27.7. The molecule has 2 saturated heterocycles. The zero-order chi connectivity index (χ0) is 36.7. The van der Waals surface area contributed by atoms with Crippen LogP contribution in [-0.4, -0.2) is 125 Å². The van der Waals surface area contributed by atoms with Gasteiger partial charge in [-0.25, -0.2) is 0 Å². The molecule has 2 fully saturated rings. The number of carboxylic acids is 2. The normalized spacial score (nSPS) is 25.2. The molecule has 0 aromatic heterocycles. The SMILES string of the molecule is CC(C)C[C@@H]1NC(=O)CNC(=O)CNC(=O)[C@H](CC(=O)O)NC(=O)[C@H](CCC(=O)O)NC(=O)[C@H](CCCCN)NC(=O)[C@@H]2CCCN2C1=O. The quantitative estimate of drug-likeness (QED) is 0.0959. The van der Waals surface area contributed by atoms with Gasteiger partial charge in [-0.2, -0.15) is 0 Å². The Labute approximate surface area is 283 Å². The van der Waals surface area contributed by atoms with Gasteiger partial charge in [-0.05, 0) is 57.4 Å². The fraction of sp³-hybridized carbons (Fsp3) is 0.700. The first-order chi connectivity index (χ1) is 23.1. The second kappa shape index (κ2) is 19.9. The number of fused-ring (bicyclic) bond motifs is 1. The summed E-state index contributed by atoms with van der Waals surface area (Å²) < 4.78 is 0. The predicted molar refractivity (Wildman–Crippen MR) is 170 cm³/mol. The number of nitrogens with two attached hydrogens (primary N) is 1. The molecule has 19 heteroatoms. The first kappa shape index (κ1) is 40.4. The molecule has 0 spiro atoms. The monoisotopic (exact) mass is 696 g/mol. The van der Waals surface area contributed by atoms with Crippen molar-refractivity contribution in [1.82, 2.24) is 36.8 Å². The number of carboxylic acid groups (broad SMARTS) is 2. The second-order valence-corrected chi connectivity index (χ2v) is 12.4. The lowest BCUT2D eigenvalue weighted by Crippen LogP contribution is -2.59. The molecule has 0 aromatic carbocycles. The van der Waals surface area contributed by atoms with Gasteiger partial charge in [0.25, 0.3) is 0 Å². The number of carbonyl (C=O) groups excluding carboxylic acids is 7. The van der Waals surface area contributed by atoms with E-state index in [0.29, 0.717) is 19.3 Å². The molecule has 0 saturated carbocycles. The van der Waals surface area contributed by atoms with E-state index in [1.54, 1.807) is 0 Å². The van der Waals surface area contributed by atoms with E-state index >= 15 is 0 Å². The van der Waals surface area contributed by atoms with Crippen molar-refractivity contribution in [1.29, 1.82) is 0 Å². The van der Waals surface area contributed by atoms with Crippen LogP contribution in [0, 0.1) is 5.92 Å². The zero-order valence-electron chi connectivity index (χ0n) is 27.7. The third-order valence-electron chi connectivity index (χ3n) is 7.92. The average molecular weight is 697 g/mol. The highest BCUT2D eigenvalue weighted by Gasteiger charge is 2.39. The fourth-order valence-corrected chi connectivity index (χ4v) is 5.47. The number of hydrogen-bond donors (Lipinski definition) is 9. The van der Waals surface area contributed by atoms with E-state index in [2.05, 4.69) is 31.9 Å². The molecule has 2 rings (SSSR count). The summed E-state index contributed by atoms with van der Waals surface area (Å²) in [7, 11) is 0. The lowest BCUT2D eigenvalue weighted by Gasteiger charge is -2.31. The van der Waals surface area contributed by atoms with Crippen LogP contribution in [0.5, 0.6) is 0 Å². The number of nitrogens with zero attached hydrogens (tertiary/aromatic N) is 1. The number of rotatable bonds is 11. The first-order valence-electron chi connectivity index (χ1n) is 16.3. The largest absolute Gasteiger partial charge is 0.481 e. The van der Waals surface area contributed by atoms with E-state index < -0.39 is 116 Å².